The first-order chi connectivity index (χ1) is 7.28. The van der Waals surface area contributed by atoms with Crippen molar-refractivity contribution in [2.75, 3.05) is 25.4 Å². The number of nitrogens with zero attached hydrogens (tertiary/aromatic N) is 1. The number of hydrogen-bond acceptors (Lipinski definition) is 2. The van der Waals surface area contributed by atoms with Gasteiger partial charge in [-0.3, -0.25) is 0 Å². The maximum atomic E-state index is 4.54. The maximum Gasteiger partial charge on any atom is 0.00459 e. The Morgan fingerprint density at radius 1 is 1.40 bits per heavy atom. The summed E-state index contributed by atoms with van der Waals surface area (Å²) < 4.78 is 0. The van der Waals surface area contributed by atoms with Gasteiger partial charge in [-0.25, -0.2) is 0 Å². The van der Waals surface area contributed by atoms with Crippen LogP contribution in [0, 0.1) is 11.3 Å². The Morgan fingerprint density at radius 2 is 2.20 bits per heavy atom. The minimum absolute atomic E-state index is 0.601. The van der Waals surface area contributed by atoms with Gasteiger partial charge in [-0.2, -0.15) is 12.6 Å². The van der Waals surface area contributed by atoms with Crippen LogP contribution in [-0.2, 0) is 0 Å². The zero-order valence-corrected chi connectivity index (χ0v) is 10.9. The van der Waals surface area contributed by atoms with Crippen LogP contribution >= 0.6 is 12.6 Å². The molecule has 0 aromatic carbocycles. The highest BCUT2D eigenvalue weighted by molar-refractivity contribution is 7.80. The largest absolute Gasteiger partial charge is 0.302 e. The van der Waals surface area contributed by atoms with Crippen LogP contribution in [0.1, 0.15) is 45.4 Å². The second-order valence-corrected chi connectivity index (χ2v) is 6.01. The van der Waals surface area contributed by atoms with E-state index in [1.165, 1.54) is 58.2 Å². The van der Waals surface area contributed by atoms with Crippen molar-refractivity contribution in [2.24, 2.45) is 11.3 Å². The summed E-state index contributed by atoms with van der Waals surface area (Å²) in [4.78, 5) is 2.70. The molecule has 1 nitrogen and oxygen atoms in total. The minimum Gasteiger partial charge on any atom is -0.302 e. The summed E-state index contributed by atoms with van der Waals surface area (Å²) in [6.45, 7) is 6.35. The normalized spacial score (nSPS) is 30.4. The smallest absolute Gasteiger partial charge is 0.00459 e. The number of hydrogen-bond donors (Lipinski definition) is 1. The molecule has 2 rings (SSSR count). The van der Waals surface area contributed by atoms with Gasteiger partial charge in [0.1, 0.15) is 0 Å². The van der Waals surface area contributed by atoms with E-state index in [9.17, 15) is 0 Å². The SMILES string of the molecule is CCCC1CCN(CC2(CS)CCC2)C1. The molecule has 0 N–H and O–H groups in total. The van der Waals surface area contributed by atoms with Gasteiger partial charge in [0.15, 0.2) is 0 Å². The van der Waals surface area contributed by atoms with E-state index < -0.39 is 0 Å². The van der Waals surface area contributed by atoms with Crippen LogP contribution in [0.4, 0.5) is 0 Å². The molecular formula is C13H25NS. The van der Waals surface area contributed by atoms with Gasteiger partial charge in [0, 0.05) is 13.1 Å². The Morgan fingerprint density at radius 3 is 2.73 bits per heavy atom. The third-order valence-corrected chi connectivity index (χ3v) is 5.05. The van der Waals surface area contributed by atoms with E-state index in [4.69, 9.17) is 0 Å². The van der Waals surface area contributed by atoms with Crippen molar-refractivity contribution in [3.8, 4) is 0 Å². The van der Waals surface area contributed by atoms with Gasteiger partial charge >= 0.3 is 0 Å². The van der Waals surface area contributed by atoms with E-state index in [1.807, 2.05) is 0 Å². The molecule has 88 valence electrons. The molecule has 1 saturated carbocycles. The fourth-order valence-corrected chi connectivity index (χ4v) is 3.63. The Hall–Kier alpha value is 0.310. The predicted octanol–water partition coefficient (Wildman–Crippen LogP) is 3.21. The summed E-state index contributed by atoms with van der Waals surface area (Å²) in [6, 6.07) is 0. The summed E-state index contributed by atoms with van der Waals surface area (Å²) >= 11 is 4.54. The molecule has 2 aliphatic rings. The highest BCUT2D eigenvalue weighted by atomic mass is 32.1. The van der Waals surface area contributed by atoms with Crippen LogP contribution in [0.3, 0.4) is 0 Å². The Labute approximate surface area is 100 Å². The minimum atomic E-state index is 0.601. The molecule has 0 radical (unpaired) electrons. The molecule has 1 unspecified atom stereocenters. The van der Waals surface area contributed by atoms with Crippen molar-refractivity contribution < 1.29 is 0 Å². The summed E-state index contributed by atoms with van der Waals surface area (Å²) in [7, 11) is 0. The molecule has 0 spiro atoms. The zero-order valence-electron chi connectivity index (χ0n) is 10.0. The lowest BCUT2D eigenvalue weighted by atomic mass is 9.70. The molecule has 1 saturated heterocycles. The van der Waals surface area contributed by atoms with E-state index in [1.54, 1.807) is 0 Å². The summed E-state index contributed by atoms with van der Waals surface area (Å²) in [5.41, 5.74) is 0.601. The molecule has 0 bridgehead atoms. The highest BCUT2D eigenvalue weighted by Gasteiger charge is 2.38. The van der Waals surface area contributed by atoms with E-state index >= 15 is 0 Å². The van der Waals surface area contributed by atoms with Gasteiger partial charge in [-0.1, -0.05) is 19.8 Å². The summed E-state index contributed by atoms with van der Waals surface area (Å²) in [5.74, 6) is 2.09. The number of thiol groups is 1. The molecule has 1 heterocycles. The molecule has 0 aromatic heterocycles. The summed E-state index contributed by atoms with van der Waals surface area (Å²) in [5, 5.41) is 0. The van der Waals surface area contributed by atoms with E-state index in [0.717, 1.165) is 11.7 Å². The van der Waals surface area contributed by atoms with E-state index in [2.05, 4.69) is 24.5 Å². The second kappa shape index (κ2) is 5.09. The molecule has 2 heteroatoms. The molecule has 0 amide bonds. The van der Waals surface area contributed by atoms with Crippen LogP contribution in [-0.4, -0.2) is 30.3 Å². The average Bonchev–Trinajstić information content (AvgIpc) is 2.60. The van der Waals surface area contributed by atoms with Crippen molar-refractivity contribution >= 4 is 12.6 Å². The molecule has 1 aliphatic carbocycles. The molecule has 1 aliphatic heterocycles. The number of rotatable bonds is 5. The van der Waals surface area contributed by atoms with Crippen LogP contribution in [0.5, 0.6) is 0 Å². The third-order valence-electron chi connectivity index (χ3n) is 4.38. The second-order valence-electron chi connectivity index (χ2n) is 5.69. The van der Waals surface area contributed by atoms with Crippen molar-refractivity contribution in [3.63, 3.8) is 0 Å². The third kappa shape index (κ3) is 2.71. The van der Waals surface area contributed by atoms with E-state index in [0.29, 0.717) is 5.41 Å². The first-order valence-corrected chi connectivity index (χ1v) is 7.24. The van der Waals surface area contributed by atoms with Crippen molar-refractivity contribution in [1.82, 2.24) is 4.90 Å². The van der Waals surface area contributed by atoms with Gasteiger partial charge in [-0.05, 0) is 49.3 Å². The lowest BCUT2D eigenvalue weighted by Crippen LogP contribution is -2.42. The molecule has 2 fully saturated rings. The molecular weight excluding hydrogens is 202 g/mol. The topological polar surface area (TPSA) is 3.24 Å². The average molecular weight is 227 g/mol. The van der Waals surface area contributed by atoms with Gasteiger partial charge in [0.25, 0.3) is 0 Å². The molecule has 15 heavy (non-hydrogen) atoms. The van der Waals surface area contributed by atoms with E-state index in [-0.39, 0.29) is 0 Å². The van der Waals surface area contributed by atoms with Crippen LogP contribution in [0.25, 0.3) is 0 Å². The standard InChI is InChI=1S/C13H25NS/c1-2-4-12-5-8-14(9-12)10-13(11-15)6-3-7-13/h12,15H,2-11H2,1H3. The van der Waals surface area contributed by atoms with Crippen molar-refractivity contribution in [3.05, 3.63) is 0 Å². The summed E-state index contributed by atoms with van der Waals surface area (Å²) in [6.07, 6.45) is 8.51. The van der Waals surface area contributed by atoms with Gasteiger partial charge in [0.05, 0.1) is 0 Å². The first-order valence-electron chi connectivity index (χ1n) is 6.61. The fraction of sp³-hybridized carbons (Fsp3) is 1.00. The van der Waals surface area contributed by atoms with Gasteiger partial charge in [0.2, 0.25) is 0 Å². The Balaban J connectivity index is 1.76. The van der Waals surface area contributed by atoms with Crippen molar-refractivity contribution in [2.45, 2.75) is 45.4 Å². The lowest BCUT2D eigenvalue weighted by Gasteiger charge is -2.43. The molecule has 1 atom stereocenters. The van der Waals surface area contributed by atoms with Gasteiger partial charge < -0.3 is 4.90 Å². The Bertz CT molecular complexity index is 195. The predicted molar refractivity (Wildman–Crippen MR) is 69.6 cm³/mol. The fourth-order valence-electron chi connectivity index (χ4n) is 3.22. The highest BCUT2D eigenvalue weighted by Crippen LogP contribution is 2.43. The van der Waals surface area contributed by atoms with Crippen LogP contribution in [0.2, 0.25) is 0 Å². The van der Waals surface area contributed by atoms with Gasteiger partial charge in [-0.15, -0.1) is 0 Å². The first kappa shape index (κ1) is 11.8. The van der Waals surface area contributed by atoms with Crippen LogP contribution < -0.4 is 0 Å². The molecule has 0 aromatic rings. The lowest BCUT2D eigenvalue weighted by molar-refractivity contribution is 0.102. The number of likely N-dealkylation sites (tertiary alicyclic amines) is 1. The monoisotopic (exact) mass is 227 g/mol. The maximum absolute atomic E-state index is 4.54. The van der Waals surface area contributed by atoms with Crippen molar-refractivity contribution in [1.29, 1.82) is 0 Å². The Kier molecular flexibility index (Phi) is 4.00. The van der Waals surface area contributed by atoms with Crippen LogP contribution in [0.15, 0.2) is 0 Å². The quantitative estimate of drug-likeness (QED) is 0.706. The zero-order chi connectivity index (χ0) is 10.7.